The van der Waals surface area contributed by atoms with Crippen LogP contribution in [0.3, 0.4) is 0 Å². The average Bonchev–Trinajstić information content (AvgIpc) is 2.86. The first-order valence-electron chi connectivity index (χ1n) is 11.7. The predicted octanol–water partition coefficient (Wildman–Crippen LogP) is 8.24. The van der Waals surface area contributed by atoms with Crippen molar-refractivity contribution in [2.24, 2.45) is 0 Å². The van der Waals surface area contributed by atoms with Gasteiger partial charge in [0.25, 0.3) is 0 Å². The van der Waals surface area contributed by atoms with Crippen molar-refractivity contribution in [1.82, 2.24) is 9.97 Å². The number of thioether (sulfide) groups is 1. The third kappa shape index (κ3) is 5.79. The van der Waals surface area contributed by atoms with Gasteiger partial charge in [0.1, 0.15) is 22.5 Å². The van der Waals surface area contributed by atoms with Crippen LogP contribution in [0.5, 0.6) is 0 Å². The van der Waals surface area contributed by atoms with Gasteiger partial charge in [-0.05, 0) is 25.0 Å². The topological polar surface area (TPSA) is 49.8 Å². The lowest BCUT2D eigenvalue weighted by Crippen LogP contribution is -2.13. The van der Waals surface area contributed by atoms with E-state index in [2.05, 4.69) is 27.2 Å². The third-order valence-electron chi connectivity index (χ3n) is 5.73. The highest BCUT2D eigenvalue weighted by Crippen LogP contribution is 2.41. The van der Waals surface area contributed by atoms with Crippen molar-refractivity contribution in [2.75, 3.05) is 17.2 Å². The maximum Gasteiger partial charge on any atom is 0.417 e. The van der Waals surface area contributed by atoms with Gasteiger partial charge in [0.15, 0.2) is 5.82 Å². The molecule has 0 aliphatic carbocycles. The van der Waals surface area contributed by atoms with Crippen molar-refractivity contribution in [3.63, 3.8) is 0 Å². The summed E-state index contributed by atoms with van der Waals surface area (Å²) in [5.74, 6) is -1.50. The molecule has 37 heavy (non-hydrogen) atoms. The highest BCUT2D eigenvalue weighted by molar-refractivity contribution is 8.00. The minimum atomic E-state index is -4.61. The fourth-order valence-electron chi connectivity index (χ4n) is 3.89. The van der Waals surface area contributed by atoms with Gasteiger partial charge in [-0.15, -0.1) is 0 Å². The predicted molar refractivity (Wildman–Crippen MR) is 139 cm³/mol. The van der Waals surface area contributed by atoms with Gasteiger partial charge in [0.05, 0.1) is 11.3 Å². The summed E-state index contributed by atoms with van der Waals surface area (Å²) in [7, 11) is 0. The van der Waals surface area contributed by atoms with Crippen molar-refractivity contribution in [1.29, 1.82) is 0 Å². The van der Waals surface area contributed by atoms with Crippen molar-refractivity contribution in [3.8, 4) is 11.4 Å². The first kappa shape index (κ1) is 26.7. The zero-order chi connectivity index (χ0) is 26.7. The molecule has 3 aromatic rings. The van der Waals surface area contributed by atoms with E-state index < -0.39 is 23.4 Å². The Hall–Kier alpha value is -3.40. The number of rotatable bonds is 8. The molecule has 4 nitrogen and oxygen atoms in total. The Balaban J connectivity index is 1.83. The summed E-state index contributed by atoms with van der Waals surface area (Å²) < 4.78 is 70.0. The lowest BCUT2D eigenvalue weighted by atomic mass is 10.1. The smallest absolute Gasteiger partial charge is 0.382 e. The van der Waals surface area contributed by atoms with E-state index in [1.54, 1.807) is 6.08 Å². The first-order chi connectivity index (χ1) is 17.6. The average molecular weight is 533 g/mol. The molecule has 1 unspecified atom stereocenters. The van der Waals surface area contributed by atoms with Crippen LogP contribution in [-0.4, -0.2) is 21.8 Å². The van der Waals surface area contributed by atoms with Crippen LogP contribution in [0.2, 0.25) is 0 Å². The number of anilines is 2. The minimum Gasteiger partial charge on any atom is -0.382 e. The fraction of sp³-hybridized carbons (Fsp3) is 0.259. The molecule has 10 heteroatoms. The second kappa shape index (κ2) is 10.9. The lowest BCUT2D eigenvalue weighted by Gasteiger charge is -2.22. The number of alkyl halides is 3. The van der Waals surface area contributed by atoms with Crippen LogP contribution in [0.4, 0.5) is 33.5 Å². The Morgan fingerprint density at radius 1 is 1.11 bits per heavy atom. The van der Waals surface area contributed by atoms with E-state index in [9.17, 15) is 22.0 Å². The summed E-state index contributed by atoms with van der Waals surface area (Å²) in [5, 5.41) is 6.53. The number of hydrogen-bond donors (Lipinski definition) is 2. The van der Waals surface area contributed by atoms with Gasteiger partial charge < -0.3 is 10.6 Å². The van der Waals surface area contributed by atoms with Crippen LogP contribution in [0.25, 0.3) is 23.2 Å². The summed E-state index contributed by atoms with van der Waals surface area (Å²) in [6.45, 7) is 8.30. The molecule has 0 radical (unpaired) electrons. The minimum absolute atomic E-state index is 0.0716. The summed E-state index contributed by atoms with van der Waals surface area (Å²) >= 11 is 1.41. The molecule has 1 aliphatic heterocycles. The van der Waals surface area contributed by atoms with Gasteiger partial charge >= 0.3 is 6.18 Å². The van der Waals surface area contributed by atoms with E-state index in [1.165, 1.54) is 30.0 Å². The maximum absolute atomic E-state index is 14.6. The summed E-state index contributed by atoms with van der Waals surface area (Å²) in [5.41, 5.74) is -0.122. The first-order valence-corrected chi connectivity index (χ1v) is 12.6. The third-order valence-corrected chi connectivity index (χ3v) is 7.06. The van der Waals surface area contributed by atoms with Crippen LogP contribution in [0, 0.1) is 11.6 Å². The van der Waals surface area contributed by atoms with E-state index >= 15 is 0 Å². The lowest BCUT2D eigenvalue weighted by molar-refractivity contribution is -0.137. The maximum atomic E-state index is 14.6. The van der Waals surface area contributed by atoms with Gasteiger partial charge in [0, 0.05) is 40.2 Å². The quantitative estimate of drug-likeness (QED) is 0.226. The Bertz CT molecular complexity index is 1350. The van der Waals surface area contributed by atoms with Gasteiger partial charge in [-0.25, -0.2) is 18.7 Å². The van der Waals surface area contributed by atoms with E-state index in [-0.39, 0.29) is 39.4 Å². The van der Waals surface area contributed by atoms with Gasteiger partial charge in [0.2, 0.25) is 0 Å². The largest absolute Gasteiger partial charge is 0.417 e. The number of nitrogens with zero attached hydrogens (tertiary/aromatic N) is 2. The molecule has 1 aliphatic rings. The number of aromatic nitrogens is 2. The van der Waals surface area contributed by atoms with Gasteiger partial charge in [-0.2, -0.15) is 13.2 Å². The van der Waals surface area contributed by atoms with E-state index in [0.29, 0.717) is 23.6 Å². The summed E-state index contributed by atoms with van der Waals surface area (Å²) in [4.78, 5) is 8.91. The van der Waals surface area contributed by atoms with Crippen LogP contribution < -0.4 is 10.6 Å². The zero-order valence-electron chi connectivity index (χ0n) is 20.2. The molecule has 194 valence electrons. The van der Waals surface area contributed by atoms with Gasteiger partial charge in [-0.1, -0.05) is 62.5 Å². The summed E-state index contributed by atoms with van der Waals surface area (Å²) in [6, 6.07) is 7.01. The Labute approximate surface area is 216 Å². The van der Waals surface area contributed by atoms with Crippen LogP contribution in [-0.2, 0) is 6.18 Å². The Kier molecular flexibility index (Phi) is 7.87. The molecule has 0 saturated heterocycles. The van der Waals surface area contributed by atoms with Crippen molar-refractivity contribution < 1.29 is 22.0 Å². The molecule has 0 amide bonds. The van der Waals surface area contributed by atoms with Crippen molar-refractivity contribution in [2.45, 2.75) is 43.1 Å². The number of fused-ring (bicyclic) bond motifs is 1. The van der Waals surface area contributed by atoms with Crippen molar-refractivity contribution >= 4 is 35.0 Å². The Morgan fingerprint density at radius 2 is 1.86 bits per heavy atom. The number of nitrogens with one attached hydrogen (secondary N) is 2. The number of halogens is 5. The molecule has 2 N–H and O–H groups in total. The number of hydrogen-bond acceptors (Lipinski definition) is 5. The van der Waals surface area contributed by atoms with Crippen molar-refractivity contribution in [3.05, 3.63) is 77.4 Å². The molecular formula is C27H25F5N4S. The van der Waals surface area contributed by atoms with E-state index in [4.69, 9.17) is 0 Å². The fourth-order valence-corrected chi connectivity index (χ4v) is 4.93. The van der Waals surface area contributed by atoms with E-state index in [1.807, 2.05) is 19.9 Å². The molecular weight excluding hydrogens is 507 g/mol. The van der Waals surface area contributed by atoms with Crippen LogP contribution in [0.15, 0.2) is 54.1 Å². The van der Waals surface area contributed by atoms with Gasteiger partial charge in [-0.3, -0.25) is 0 Å². The second-order valence-corrected chi connectivity index (χ2v) is 9.65. The van der Waals surface area contributed by atoms with E-state index in [0.717, 1.165) is 24.6 Å². The molecule has 0 saturated carbocycles. The highest BCUT2D eigenvalue weighted by Gasteiger charge is 2.34. The monoisotopic (exact) mass is 532 g/mol. The Morgan fingerprint density at radius 3 is 2.57 bits per heavy atom. The standard InChI is InChI=1S/C27H25F5N4S/c1-4-12-33-23-20(13-16(28)14-22(23)29)15(3)34-25-19-11-10-17(5-2)37-26(19)36-24(35-25)18-8-6-7-9-21(18)27(30,31)32/h6-11,13-14,17,33H,3-5,12H2,1-2H3,(H,34,35,36). The van der Waals surface area contributed by atoms with Crippen LogP contribution in [0.1, 0.15) is 43.4 Å². The second-order valence-electron chi connectivity index (χ2n) is 8.42. The van der Waals surface area contributed by atoms with Crippen LogP contribution >= 0.6 is 11.8 Å². The molecule has 0 spiro atoms. The summed E-state index contributed by atoms with van der Waals surface area (Å²) in [6.07, 6.45) is 0.661. The molecule has 1 aromatic heterocycles. The molecule has 2 heterocycles. The molecule has 0 fully saturated rings. The normalized spacial score (nSPS) is 14.8. The molecule has 0 bridgehead atoms. The SMILES string of the molecule is C=C(Nc1nc(-c2ccccc2C(F)(F)F)nc2c1C=CC(CC)S2)c1cc(F)cc(F)c1NCCC. The highest BCUT2D eigenvalue weighted by atomic mass is 32.2. The molecule has 4 rings (SSSR count). The zero-order valence-corrected chi connectivity index (χ0v) is 21.0. The molecule has 2 aromatic carbocycles. The number of benzene rings is 2. The molecule has 1 atom stereocenters.